The standard InChI is InChI=1S/C13H18N2O3S/c1-3-4-9(2)15-11(16)8-19-12-7-10(13(17)18)5-6-14-12/h5-7,9H,3-4,8H2,1-2H3,(H,15,16)(H,17,18). The molecule has 0 radical (unpaired) electrons. The molecule has 104 valence electrons. The molecule has 0 bridgehead atoms. The molecule has 0 fully saturated rings. The Balaban J connectivity index is 2.46. The van der Waals surface area contributed by atoms with E-state index in [1.165, 1.54) is 30.1 Å². The fraction of sp³-hybridized carbons (Fsp3) is 0.462. The SMILES string of the molecule is CCCC(C)NC(=O)CSc1cc(C(=O)O)ccn1. The highest BCUT2D eigenvalue weighted by Crippen LogP contribution is 2.16. The summed E-state index contributed by atoms with van der Waals surface area (Å²) >= 11 is 1.23. The number of aromatic carboxylic acids is 1. The van der Waals surface area contributed by atoms with Crippen LogP contribution < -0.4 is 5.32 Å². The first-order chi connectivity index (χ1) is 9.02. The summed E-state index contributed by atoms with van der Waals surface area (Å²) < 4.78 is 0. The molecule has 1 atom stereocenters. The average Bonchev–Trinajstić information content (AvgIpc) is 2.37. The number of rotatable bonds is 7. The molecule has 1 amide bonds. The summed E-state index contributed by atoms with van der Waals surface area (Å²) in [7, 11) is 0. The van der Waals surface area contributed by atoms with Crippen molar-refractivity contribution < 1.29 is 14.7 Å². The van der Waals surface area contributed by atoms with E-state index in [9.17, 15) is 9.59 Å². The Morgan fingerprint density at radius 1 is 1.53 bits per heavy atom. The first kappa shape index (κ1) is 15.5. The van der Waals surface area contributed by atoms with Crippen LogP contribution in [0.1, 0.15) is 37.0 Å². The Morgan fingerprint density at radius 3 is 2.89 bits per heavy atom. The topological polar surface area (TPSA) is 79.3 Å². The van der Waals surface area contributed by atoms with E-state index in [-0.39, 0.29) is 23.3 Å². The molecule has 0 aliphatic carbocycles. The molecule has 1 heterocycles. The normalized spacial score (nSPS) is 11.9. The van der Waals surface area contributed by atoms with Crippen molar-refractivity contribution in [3.8, 4) is 0 Å². The minimum Gasteiger partial charge on any atom is -0.478 e. The van der Waals surface area contributed by atoms with E-state index in [2.05, 4.69) is 17.2 Å². The van der Waals surface area contributed by atoms with Gasteiger partial charge in [-0.2, -0.15) is 0 Å². The number of nitrogens with zero attached hydrogens (tertiary/aromatic N) is 1. The van der Waals surface area contributed by atoms with Crippen LogP contribution in [0, 0.1) is 0 Å². The van der Waals surface area contributed by atoms with Gasteiger partial charge in [0.1, 0.15) is 0 Å². The molecular weight excluding hydrogens is 264 g/mol. The van der Waals surface area contributed by atoms with Gasteiger partial charge in [0.25, 0.3) is 0 Å². The quantitative estimate of drug-likeness (QED) is 0.749. The molecular formula is C13H18N2O3S. The highest BCUT2D eigenvalue weighted by molar-refractivity contribution is 7.99. The van der Waals surface area contributed by atoms with Gasteiger partial charge in [0.05, 0.1) is 16.3 Å². The second-order valence-corrected chi connectivity index (χ2v) is 5.23. The summed E-state index contributed by atoms with van der Waals surface area (Å²) in [6, 6.07) is 3.06. The summed E-state index contributed by atoms with van der Waals surface area (Å²) in [6.07, 6.45) is 3.41. The lowest BCUT2D eigenvalue weighted by atomic mass is 10.2. The predicted molar refractivity (Wildman–Crippen MR) is 74.4 cm³/mol. The number of hydrogen-bond acceptors (Lipinski definition) is 4. The Kier molecular flexibility index (Phi) is 6.35. The van der Waals surface area contributed by atoms with Crippen molar-refractivity contribution in [3.05, 3.63) is 23.9 Å². The number of nitrogens with one attached hydrogen (secondary N) is 1. The van der Waals surface area contributed by atoms with Crippen LogP contribution in [-0.2, 0) is 4.79 Å². The van der Waals surface area contributed by atoms with Crippen LogP contribution >= 0.6 is 11.8 Å². The van der Waals surface area contributed by atoms with E-state index in [1.807, 2.05) is 6.92 Å². The van der Waals surface area contributed by atoms with Gasteiger partial charge in [-0.1, -0.05) is 25.1 Å². The lowest BCUT2D eigenvalue weighted by Gasteiger charge is -2.12. The van der Waals surface area contributed by atoms with Gasteiger partial charge >= 0.3 is 5.97 Å². The van der Waals surface area contributed by atoms with Gasteiger partial charge in [0, 0.05) is 12.2 Å². The zero-order valence-electron chi connectivity index (χ0n) is 11.0. The monoisotopic (exact) mass is 282 g/mol. The van der Waals surface area contributed by atoms with E-state index in [0.717, 1.165) is 12.8 Å². The Hall–Kier alpha value is -1.56. The Bertz CT molecular complexity index is 451. The second kappa shape index (κ2) is 7.78. The largest absolute Gasteiger partial charge is 0.478 e. The minimum atomic E-state index is -0.995. The van der Waals surface area contributed by atoms with Crippen molar-refractivity contribution in [3.63, 3.8) is 0 Å². The third kappa shape index (κ3) is 5.74. The molecule has 0 saturated heterocycles. The van der Waals surface area contributed by atoms with Crippen molar-refractivity contribution in [2.24, 2.45) is 0 Å². The first-order valence-corrected chi connectivity index (χ1v) is 7.13. The number of carbonyl (C=O) groups excluding carboxylic acids is 1. The molecule has 1 rings (SSSR count). The lowest BCUT2D eigenvalue weighted by Crippen LogP contribution is -2.33. The van der Waals surface area contributed by atoms with E-state index < -0.39 is 5.97 Å². The van der Waals surface area contributed by atoms with Gasteiger partial charge in [-0.3, -0.25) is 4.79 Å². The molecule has 1 aromatic rings. The van der Waals surface area contributed by atoms with Gasteiger partial charge < -0.3 is 10.4 Å². The third-order valence-corrected chi connectivity index (χ3v) is 3.39. The molecule has 1 unspecified atom stereocenters. The molecule has 1 aromatic heterocycles. The molecule has 2 N–H and O–H groups in total. The van der Waals surface area contributed by atoms with Crippen molar-refractivity contribution in [1.29, 1.82) is 0 Å². The number of aromatic nitrogens is 1. The summed E-state index contributed by atoms with van der Waals surface area (Å²) in [6.45, 7) is 4.04. The van der Waals surface area contributed by atoms with Crippen LogP contribution in [-0.4, -0.2) is 33.8 Å². The number of carboxylic acid groups (broad SMARTS) is 1. The van der Waals surface area contributed by atoms with Crippen LogP contribution in [0.4, 0.5) is 0 Å². The Labute approximate surface area is 116 Å². The van der Waals surface area contributed by atoms with Crippen molar-refractivity contribution in [2.45, 2.75) is 37.8 Å². The van der Waals surface area contributed by atoms with Crippen LogP contribution in [0.15, 0.2) is 23.4 Å². The summed E-state index contributed by atoms with van der Waals surface area (Å²) in [4.78, 5) is 26.5. The van der Waals surface area contributed by atoms with Gasteiger partial charge in [-0.05, 0) is 25.5 Å². The summed E-state index contributed by atoms with van der Waals surface area (Å²) in [5, 5.41) is 12.3. The number of amides is 1. The molecule has 0 aliphatic rings. The number of thioether (sulfide) groups is 1. The lowest BCUT2D eigenvalue weighted by molar-refractivity contribution is -0.119. The minimum absolute atomic E-state index is 0.0616. The summed E-state index contributed by atoms with van der Waals surface area (Å²) in [5.41, 5.74) is 0.178. The zero-order valence-corrected chi connectivity index (χ0v) is 11.9. The maximum atomic E-state index is 11.6. The maximum absolute atomic E-state index is 11.6. The van der Waals surface area contributed by atoms with Crippen molar-refractivity contribution >= 4 is 23.6 Å². The van der Waals surface area contributed by atoms with Crippen LogP contribution in [0.5, 0.6) is 0 Å². The van der Waals surface area contributed by atoms with Gasteiger partial charge in [0.2, 0.25) is 5.91 Å². The smallest absolute Gasteiger partial charge is 0.335 e. The van der Waals surface area contributed by atoms with Gasteiger partial charge in [0.15, 0.2) is 0 Å². The van der Waals surface area contributed by atoms with E-state index >= 15 is 0 Å². The van der Waals surface area contributed by atoms with E-state index in [0.29, 0.717) is 5.03 Å². The molecule has 19 heavy (non-hydrogen) atoms. The van der Waals surface area contributed by atoms with Gasteiger partial charge in [-0.25, -0.2) is 9.78 Å². The Morgan fingerprint density at radius 2 is 2.26 bits per heavy atom. The fourth-order valence-electron chi connectivity index (χ4n) is 1.58. The fourth-order valence-corrected chi connectivity index (χ4v) is 2.29. The highest BCUT2D eigenvalue weighted by atomic mass is 32.2. The molecule has 0 aliphatic heterocycles. The molecule has 6 heteroatoms. The average molecular weight is 282 g/mol. The van der Waals surface area contributed by atoms with Crippen molar-refractivity contribution in [1.82, 2.24) is 10.3 Å². The molecule has 5 nitrogen and oxygen atoms in total. The maximum Gasteiger partial charge on any atom is 0.335 e. The van der Waals surface area contributed by atoms with Gasteiger partial charge in [-0.15, -0.1) is 0 Å². The van der Waals surface area contributed by atoms with Crippen molar-refractivity contribution in [2.75, 3.05) is 5.75 Å². The second-order valence-electron chi connectivity index (χ2n) is 4.23. The predicted octanol–water partition coefficient (Wildman–Crippen LogP) is 2.18. The summed E-state index contributed by atoms with van der Waals surface area (Å²) in [5.74, 6) is -0.817. The van der Waals surface area contributed by atoms with Crippen LogP contribution in [0.2, 0.25) is 0 Å². The molecule has 0 aromatic carbocycles. The van der Waals surface area contributed by atoms with Crippen LogP contribution in [0.25, 0.3) is 0 Å². The number of carboxylic acids is 1. The highest BCUT2D eigenvalue weighted by Gasteiger charge is 2.09. The van der Waals surface area contributed by atoms with E-state index in [1.54, 1.807) is 0 Å². The number of pyridine rings is 1. The number of hydrogen-bond donors (Lipinski definition) is 2. The molecule has 0 saturated carbocycles. The third-order valence-electron chi connectivity index (χ3n) is 2.46. The van der Waals surface area contributed by atoms with E-state index in [4.69, 9.17) is 5.11 Å². The van der Waals surface area contributed by atoms with Crippen LogP contribution in [0.3, 0.4) is 0 Å². The number of carbonyl (C=O) groups is 2. The first-order valence-electron chi connectivity index (χ1n) is 6.14. The zero-order chi connectivity index (χ0) is 14.3. The molecule has 0 spiro atoms.